The highest BCUT2D eigenvalue weighted by Crippen LogP contribution is 2.20. The summed E-state index contributed by atoms with van der Waals surface area (Å²) in [5, 5.41) is 3.27. The molecule has 1 aromatic heterocycles. The number of rotatable bonds is 8. The summed E-state index contributed by atoms with van der Waals surface area (Å²) in [7, 11) is 0. The third kappa shape index (κ3) is 5.95. The minimum Gasteiger partial charge on any atom is -0.488 e. The summed E-state index contributed by atoms with van der Waals surface area (Å²) in [6.45, 7) is 7.60. The van der Waals surface area contributed by atoms with E-state index in [1.807, 2.05) is 25.3 Å². The van der Waals surface area contributed by atoms with E-state index >= 15 is 0 Å². The van der Waals surface area contributed by atoms with Gasteiger partial charge in [-0.05, 0) is 44.9 Å². The maximum Gasteiger partial charge on any atom is 0.140 e. The molecule has 0 aliphatic carbocycles. The molecule has 0 radical (unpaired) electrons. The van der Waals surface area contributed by atoms with E-state index in [0.29, 0.717) is 12.3 Å². The van der Waals surface area contributed by atoms with E-state index in [-0.39, 0.29) is 12.6 Å². The Balaban J connectivity index is 1.98. The second-order valence-corrected chi connectivity index (χ2v) is 7.12. The lowest BCUT2D eigenvalue weighted by Gasteiger charge is -2.18. The molecule has 26 heavy (non-hydrogen) atoms. The first-order valence-electron chi connectivity index (χ1n) is 9.00. The zero-order chi connectivity index (χ0) is 19.2. The number of halogens is 1. The molecular weight excluding hydrogens is 331 g/mol. The number of nitrogens with one attached hydrogen (secondary N) is 1. The maximum absolute atomic E-state index is 13.6. The quantitative estimate of drug-likeness (QED) is 0.743. The molecule has 1 aliphatic rings. The van der Waals surface area contributed by atoms with Crippen LogP contribution in [0, 0.1) is 6.92 Å². The van der Waals surface area contributed by atoms with E-state index in [0.717, 1.165) is 35.4 Å². The minimum atomic E-state index is -1.37. The van der Waals surface area contributed by atoms with Crippen LogP contribution < -0.4 is 15.8 Å². The highest BCUT2D eigenvalue weighted by molar-refractivity contribution is 6.02. The average Bonchev–Trinajstić information content (AvgIpc) is 2.56. The second kappa shape index (κ2) is 8.94. The second-order valence-electron chi connectivity index (χ2n) is 7.12. The van der Waals surface area contributed by atoms with Crippen LogP contribution in [0.1, 0.15) is 44.9 Å². The summed E-state index contributed by atoms with van der Waals surface area (Å²) in [6.07, 6.45) is 9.15. The average molecular weight is 360 g/mol. The Morgan fingerprint density at radius 2 is 2.19 bits per heavy atom. The van der Waals surface area contributed by atoms with Gasteiger partial charge >= 0.3 is 0 Å². The van der Waals surface area contributed by atoms with Crippen molar-refractivity contribution in [1.29, 1.82) is 0 Å². The van der Waals surface area contributed by atoms with Crippen molar-refractivity contribution >= 4 is 5.71 Å². The van der Waals surface area contributed by atoms with Crippen LogP contribution in [-0.4, -0.2) is 29.0 Å². The van der Waals surface area contributed by atoms with Gasteiger partial charge in [-0.3, -0.25) is 9.98 Å². The van der Waals surface area contributed by atoms with Crippen LogP contribution in [0.25, 0.3) is 0 Å². The fourth-order valence-corrected chi connectivity index (χ4v) is 2.59. The van der Waals surface area contributed by atoms with Crippen molar-refractivity contribution in [3.63, 3.8) is 0 Å². The van der Waals surface area contributed by atoms with E-state index in [1.54, 1.807) is 12.4 Å². The van der Waals surface area contributed by atoms with Crippen LogP contribution in [0.5, 0.6) is 5.75 Å². The highest BCUT2D eigenvalue weighted by atomic mass is 19.1. The number of alkyl halides is 1. The minimum absolute atomic E-state index is 0.00413. The van der Waals surface area contributed by atoms with E-state index in [1.165, 1.54) is 13.8 Å². The highest BCUT2D eigenvalue weighted by Gasteiger charge is 2.17. The van der Waals surface area contributed by atoms with Gasteiger partial charge in [0.15, 0.2) is 0 Å². The van der Waals surface area contributed by atoms with Crippen molar-refractivity contribution < 1.29 is 9.13 Å². The van der Waals surface area contributed by atoms with Crippen molar-refractivity contribution in [3.05, 3.63) is 47.6 Å². The Labute approximate surface area is 155 Å². The van der Waals surface area contributed by atoms with Gasteiger partial charge in [-0.1, -0.05) is 13.3 Å². The predicted octanol–water partition coefficient (Wildman–Crippen LogP) is 3.59. The van der Waals surface area contributed by atoms with Gasteiger partial charge in [0.1, 0.15) is 18.0 Å². The van der Waals surface area contributed by atoms with Crippen LogP contribution in [0.2, 0.25) is 0 Å². The van der Waals surface area contributed by atoms with Gasteiger partial charge in [0.05, 0.1) is 24.5 Å². The van der Waals surface area contributed by atoms with Crippen LogP contribution >= 0.6 is 0 Å². The molecule has 0 saturated carbocycles. The molecule has 0 amide bonds. The molecule has 2 rings (SSSR count). The van der Waals surface area contributed by atoms with Crippen molar-refractivity contribution in [3.8, 4) is 5.75 Å². The first-order valence-corrected chi connectivity index (χ1v) is 9.00. The number of pyridine rings is 1. The van der Waals surface area contributed by atoms with Crippen molar-refractivity contribution in [2.45, 2.75) is 58.8 Å². The molecule has 1 aromatic rings. The van der Waals surface area contributed by atoms with E-state index < -0.39 is 5.67 Å². The van der Waals surface area contributed by atoms with Gasteiger partial charge in [0, 0.05) is 23.7 Å². The van der Waals surface area contributed by atoms with Crippen molar-refractivity contribution in [2.24, 2.45) is 10.7 Å². The number of ether oxygens (including phenoxy) is 1. The first kappa shape index (κ1) is 20.1. The fraction of sp³-hybridized carbons (Fsp3) is 0.500. The van der Waals surface area contributed by atoms with Gasteiger partial charge in [-0.25, -0.2) is 4.39 Å². The fourth-order valence-electron chi connectivity index (χ4n) is 2.59. The van der Waals surface area contributed by atoms with Gasteiger partial charge in [-0.2, -0.15) is 0 Å². The standard InChI is InChI=1S/C20H29FN4O/c1-5-6-18-16(17(22)7-8-24-18)11-23-10-15-9-14(2)19(12-25-15)26-13-20(3,4)21/h7-9,11-12,17,23H,5-6,10,13,22H2,1-4H3/b16-11+. The number of aromatic nitrogens is 1. The molecule has 1 atom stereocenters. The number of nitrogens with two attached hydrogens (primary N) is 1. The molecule has 142 valence electrons. The molecule has 0 spiro atoms. The number of aliphatic imine (C=N–C) groups is 1. The summed E-state index contributed by atoms with van der Waals surface area (Å²) in [5.74, 6) is 0.606. The van der Waals surface area contributed by atoms with Crippen LogP contribution in [0.3, 0.4) is 0 Å². The lowest BCUT2D eigenvalue weighted by atomic mass is 9.98. The Kier molecular flexibility index (Phi) is 6.91. The van der Waals surface area contributed by atoms with Gasteiger partial charge in [0.2, 0.25) is 0 Å². The topological polar surface area (TPSA) is 72.5 Å². The molecule has 0 fully saturated rings. The monoisotopic (exact) mass is 360 g/mol. The van der Waals surface area contributed by atoms with Gasteiger partial charge < -0.3 is 15.8 Å². The number of aryl methyl sites for hydroxylation is 1. The predicted molar refractivity (Wildman–Crippen MR) is 104 cm³/mol. The molecule has 3 N–H and O–H groups in total. The van der Waals surface area contributed by atoms with Crippen LogP contribution in [0.15, 0.2) is 41.3 Å². The molecule has 2 heterocycles. The molecule has 0 saturated heterocycles. The number of nitrogens with zero attached hydrogens (tertiary/aromatic N) is 2. The molecule has 0 aromatic carbocycles. The SMILES string of the molecule is CCCC1=NC=CC(N)/C1=C\NCc1cc(C)c(OCC(C)(C)F)cn1. The lowest BCUT2D eigenvalue weighted by molar-refractivity contribution is 0.120. The molecule has 1 aliphatic heterocycles. The van der Waals surface area contributed by atoms with E-state index in [9.17, 15) is 4.39 Å². The Morgan fingerprint density at radius 1 is 1.42 bits per heavy atom. The maximum atomic E-state index is 13.6. The zero-order valence-electron chi connectivity index (χ0n) is 16.1. The smallest absolute Gasteiger partial charge is 0.140 e. The summed E-state index contributed by atoms with van der Waals surface area (Å²) in [5.41, 5.74) is 8.62. The Hall–Kier alpha value is -2.21. The molecule has 0 bridgehead atoms. The summed E-state index contributed by atoms with van der Waals surface area (Å²) in [4.78, 5) is 8.81. The summed E-state index contributed by atoms with van der Waals surface area (Å²) < 4.78 is 19.1. The third-order valence-electron chi connectivity index (χ3n) is 3.93. The third-order valence-corrected chi connectivity index (χ3v) is 3.93. The van der Waals surface area contributed by atoms with Gasteiger partial charge in [-0.15, -0.1) is 0 Å². The summed E-state index contributed by atoms with van der Waals surface area (Å²) >= 11 is 0. The number of hydrogen-bond donors (Lipinski definition) is 2. The Bertz CT molecular complexity index is 704. The Morgan fingerprint density at radius 3 is 2.85 bits per heavy atom. The van der Waals surface area contributed by atoms with Crippen molar-refractivity contribution in [1.82, 2.24) is 10.3 Å². The van der Waals surface area contributed by atoms with Crippen molar-refractivity contribution in [2.75, 3.05) is 6.61 Å². The lowest BCUT2D eigenvalue weighted by Crippen LogP contribution is -2.29. The van der Waals surface area contributed by atoms with E-state index in [4.69, 9.17) is 10.5 Å². The normalized spacial score (nSPS) is 18.8. The molecule has 5 nitrogen and oxygen atoms in total. The van der Waals surface area contributed by atoms with Gasteiger partial charge in [0.25, 0.3) is 0 Å². The largest absolute Gasteiger partial charge is 0.488 e. The summed E-state index contributed by atoms with van der Waals surface area (Å²) in [6, 6.07) is 1.80. The first-order chi connectivity index (χ1) is 12.3. The molecular formula is C20H29FN4O. The van der Waals surface area contributed by atoms with E-state index in [2.05, 4.69) is 22.2 Å². The van der Waals surface area contributed by atoms with Crippen LogP contribution in [-0.2, 0) is 6.54 Å². The number of hydrogen-bond acceptors (Lipinski definition) is 5. The molecule has 6 heteroatoms. The molecule has 1 unspecified atom stereocenters. The zero-order valence-corrected chi connectivity index (χ0v) is 16.1. The van der Waals surface area contributed by atoms with Crippen LogP contribution in [0.4, 0.5) is 4.39 Å².